The van der Waals surface area contributed by atoms with Gasteiger partial charge in [-0.15, -0.1) is 0 Å². The molecule has 0 fully saturated rings. The number of ether oxygens (including phenoxy) is 4. The molecule has 0 aromatic carbocycles. The van der Waals surface area contributed by atoms with Crippen molar-refractivity contribution in [1.82, 2.24) is 0 Å². The van der Waals surface area contributed by atoms with Gasteiger partial charge in [0, 0.05) is 25.7 Å². The zero-order valence-corrected chi connectivity index (χ0v) is 69.6. The summed E-state index contributed by atoms with van der Waals surface area (Å²) in [5.74, 6) is 0.287. The Bertz CT molecular complexity index is 1990. The zero-order valence-electron chi connectivity index (χ0n) is 67.8. The first-order chi connectivity index (χ1) is 49.7. The molecule has 0 bridgehead atoms. The molecule has 0 aliphatic carbocycles. The normalized spacial score (nSPS) is 13.9. The van der Waals surface area contributed by atoms with E-state index in [-0.39, 0.29) is 25.7 Å². The number of carbonyl (C=O) groups is 4. The Hall–Kier alpha value is -1.94. The summed E-state index contributed by atoms with van der Waals surface area (Å²) in [4.78, 5) is 73.2. The lowest BCUT2D eigenvalue weighted by molar-refractivity contribution is -0.161. The Morgan fingerprint density at radius 1 is 0.262 bits per heavy atom. The maximum Gasteiger partial charge on any atom is 0.472 e. The van der Waals surface area contributed by atoms with Crippen molar-refractivity contribution in [3.05, 3.63) is 0 Å². The van der Waals surface area contributed by atoms with Gasteiger partial charge in [0.05, 0.1) is 26.4 Å². The molecule has 0 radical (unpaired) electrons. The smallest absolute Gasteiger partial charge is 0.462 e. The molecule has 0 aliphatic rings. The summed E-state index contributed by atoms with van der Waals surface area (Å²) in [7, 11) is -9.93. The Labute approximate surface area is 632 Å². The van der Waals surface area contributed by atoms with Gasteiger partial charge in [0.2, 0.25) is 0 Å². The van der Waals surface area contributed by atoms with Gasteiger partial charge in [-0.05, 0) is 43.4 Å². The van der Waals surface area contributed by atoms with E-state index in [1.54, 1.807) is 0 Å². The third-order valence-corrected chi connectivity index (χ3v) is 21.5. The second-order valence-corrected chi connectivity index (χ2v) is 34.6. The fraction of sp³-hybridized carbons (Fsp3) is 0.952. The Morgan fingerprint density at radius 2 is 0.447 bits per heavy atom. The van der Waals surface area contributed by atoms with Gasteiger partial charge in [-0.25, -0.2) is 9.13 Å². The number of hydrogen-bond donors (Lipinski definition) is 3. The van der Waals surface area contributed by atoms with Crippen molar-refractivity contribution in [2.24, 2.45) is 17.8 Å². The highest BCUT2D eigenvalue weighted by molar-refractivity contribution is 7.47. The topological polar surface area (TPSA) is 237 Å². The summed E-state index contributed by atoms with van der Waals surface area (Å²) in [6.07, 6.45) is 63.7. The van der Waals surface area contributed by atoms with E-state index in [0.717, 1.165) is 108 Å². The van der Waals surface area contributed by atoms with Gasteiger partial charge in [0.1, 0.15) is 19.3 Å². The Balaban J connectivity index is 5.25. The number of rotatable bonds is 82. The first kappa shape index (κ1) is 101. The van der Waals surface area contributed by atoms with Crippen LogP contribution in [0.4, 0.5) is 0 Å². The van der Waals surface area contributed by atoms with Gasteiger partial charge >= 0.3 is 39.5 Å². The van der Waals surface area contributed by atoms with Crippen molar-refractivity contribution in [2.45, 2.75) is 458 Å². The van der Waals surface area contributed by atoms with E-state index in [1.165, 1.54) is 250 Å². The molecule has 0 aromatic heterocycles. The van der Waals surface area contributed by atoms with Gasteiger partial charge in [0.15, 0.2) is 12.2 Å². The minimum absolute atomic E-state index is 0.107. The highest BCUT2D eigenvalue weighted by Gasteiger charge is 2.30. The van der Waals surface area contributed by atoms with Crippen molar-refractivity contribution >= 4 is 39.5 Å². The lowest BCUT2D eigenvalue weighted by Gasteiger charge is -2.21. The molecule has 2 unspecified atom stereocenters. The highest BCUT2D eigenvalue weighted by Crippen LogP contribution is 2.45. The maximum absolute atomic E-state index is 13.1. The second-order valence-electron chi connectivity index (χ2n) is 31.6. The molecular formula is C84H164O17P2. The largest absolute Gasteiger partial charge is 0.472 e. The first-order valence-corrected chi connectivity index (χ1v) is 46.3. The van der Waals surface area contributed by atoms with Crippen LogP contribution in [0, 0.1) is 17.8 Å². The van der Waals surface area contributed by atoms with E-state index < -0.39 is 97.5 Å². The van der Waals surface area contributed by atoms with Crippen molar-refractivity contribution in [1.29, 1.82) is 0 Å². The molecule has 17 nitrogen and oxygen atoms in total. The quantitative estimate of drug-likeness (QED) is 0.0222. The summed E-state index contributed by atoms with van der Waals surface area (Å²) in [6, 6.07) is 0. The summed E-state index contributed by atoms with van der Waals surface area (Å²) in [6.45, 7) is 12.0. The maximum atomic E-state index is 13.1. The van der Waals surface area contributed by atoms with E-state index in [2.05, 4.69) is 48.5 Å². The monoisotopic (exact) mass is 1510 g/mol. The lowest BCUT2D eigenvalue weighted by atomic mass is 10.0. The molecular weight excluding hydrogens is 1340 g/mol. The van der Waals surface area contributed by atoms with E-state index in [4.69, 9.17) is 37.0 Å². The van der Waals surface area contributed by atoms with Crippen molar-refractivity contribution < 1.29 is 80.2 Å². The fourth-order valence-corrected chi connectivity index (χ4v) is 14.6. The minimum atomic E-state index is -4.96. The molecule has 3 N–H and O–H groups in total. The number of phosphoric ester groups is 2. The van der Waals surface area contributed by atoms with Crippen molar-refractivity contribution in [3.63, 3.8) is 0 Å². The minimum Gasteiger partial charge on any atom is -0.462 e. The van der Waals surface area contributed by atoms with Crippen LogP contribution in [0.1, 0.15) is 440 Å². The number of carbonyl (C=O) groups excluding carboxylic acids is 4. The summed E-state index contributed by atoms with van der Waals surface area (Å²) in [5, 5.41) is 10.7. The fourth-order valence-electron chi connectivity index (χ4n) is 13.0. The average Bonchev–Trinajstić information content (AvgIpc) is 0.932. The molecule has 0 amide bonds. The molecule has 0 heterocycles. The number of unbranched alkanes of at least 4 members (excludes halogenated alkanes) is 50. The molecule has 103 heavy (non-hydrogen) atoms. The van der Waals surface area contributed by atoms with Crippen molar-refractivity contribution in [2.75, 3.05) is 39.6 Å². The molecule has 0 spiro atoms. The molecule has 0 saturated heterocycles. The summed E-state index contributed by atoms with van der Waals surface area (Å²) >= 11 is 0. The van der Waals surface area contributed by atoms with Gasteiger partial charge in [0.25, 0.3) is 0 Å². The number of phosphoric acid groups is 2. The Morgan fingerprint density at radius 3 is 0.660 bits per heavy atom. The van der Waals surface area contributed by atoms with Crippen LogP contribution >= 0.6 is 15.6 Å². The van der Waals surface area contributed by atoms with Gasteiger partial charge < -0.3 is 33.8 Å². The third kappa shape index (κ3) is 78.0. The van der Waals surface area contributed by atoms with Gasteiger partial charge in [-0.3, -0.25) is 37.3 Å². The third-order valence-electron chi connectivity index (χ3n) is 19.6. The van der Waals surface area contributed by atoms with E-state index in [0.29, 0.717) is 25.7 Å². The van der Waals surface area contributed by atoms with Gasteiger partial charge in [-0.1, -0.05) is 389 Å². The van der Waals surface area contributed by atoms with Crippen LogP contribution in [-0.2, 0) is 65.4 Å². The molecule has 0 aliphatic heterocycles. The zero-order chi connectivity index (χ0) is 75.8. The summed E-state index contributed by atoms with van der Waals surface area (Å²) < 4.78 is 68.8. The summed E-state index contributed by atoms with van der Waals surface area (Å²) in [5.41, 5.74) is 0. The first-order valence-electron chi connectivity index (χ1n) is 43.3. The SMILES string of the molecule is CCCCCCCCCCCCCC(=O)OC[C@H](COP(=O)(O)OC[C@H](O)COP(=O)(O)OC[C@@H](COC(=O)CCCCCCCCCCCCCCCCCC(C)C)OC(=O)CCCCCCCCCCCCCCCCCCC(C)C)OC(=O)CCCCCCCCCCCCCCC(C)C. The van der Waals surface area contributed by atoms with Gasteiger partial charge in [-0.2, -0.15) is 0 Å². The van der Waals surface area contributed by atoms with Crippen LogP contribution < -0.4 is 0 Å². The molecule has 0 aromatic rings. The van der Waals surface area contributed by atoms with E-state index in [1.807, 2.05) is 0 Å². The van der Waals surface area contributed by atoms with Crippen LogP contribution in [0.25, 0.3) is 0 Å². The van der Waals surface area contributed by atoms with Crippen LogP contribution in [0.3, 0.4) is 0 Å². The molecule has 0 saturated carbocycles. The molecule has 0 rings (SSSR count). The van der Waals surface area contributed by atoms with Crippen LogP contribution in [-0.4, -0.2) is 96.7 Å². The standard InChI is InChI=1S/C84H164O17P2/c1-8-9-10-11-12-13-27-37-44-51-58-65-81(86)94-71-79(101-84(89)68-61-54-47-40-33-26-25-30-36-43-50-57-64-77(6)7)73-98-102(90,91)96-69-78(85)70-97-103(92,93)99-74-80(72-95-82(87)66-59-52-45-38-31-23-20-16-18-22-29-35-42-49-56-63-76(4)5)100-83(88)67-60-53-46-39-32-24-19-15-14-17-21-28-34-41-48-55-62-75(2)3/h75-80,85H,8-74H2,1-7H3,(H,90,91)(H,92,93)/t78-,79+,80+/m0/s1. The van der Waals surface area contributed by atoms with Crippen LogP contribution in [0.5, 0.6) is 0 Å². The predicted octanol–water partition coefficient (Wildman–Crippen LogP) is 25.3. The van der Waals surface area contributed by atoms with E-state index >= 15 is 0 Å². The highest BCUT2D eigenvalue weighted by atomic mass is 31.2. The average molecular weight is 1510 g/mol. The van der Waals surface area contributed by atoms with Crippen LogP contribution in [0.15, 0.2) is 0 Å². The second kappa shape index (κ2) is 74.2. The Kier molecular flexibility index (Phi) is 72.8. The molecule has 19 heteroatoms. The van der Waals surface area contributed by atoms with E-state index in [9.17, 15) is 43.2 Å². The molecule has 612 valence electrons. The number of esters is 4. The predicted molar refractivity (Wildman–Crippen MR) is 423 cm³/mol. The molecule has 5 atom stereocenters. The van der Waals surface area contributed by atoms with Crippen molar-refractivity contribution in [3.8, 4) is 0 Å². The number of aliphatic hydroxyl groups is 1. The number of hydrogen-bond acceptors (Lipinski definition) is 15. The number of aliphatic hydroxyl groups excluding tert-OH is 1. The lowest BCUT2D eigenvalue weighted by Crippen LogP contribution is -2.30. The van der Waals surface area contributed by atoms with Crippen LogP contribution in [0.2, 0.25) is 0 Å².